The predicted molar refractivity (Wildman–Crippen MR) is 108 cm³/mol. The third-order valence-corrected chi connectivity index (χ3v) is 5.45. The van der Waals surface area contributed by atoms with Crippen molar-refractivity contribution in [2.45, 2.75) is 12.1 Å². The van der Waals surface area contributed by atoms with Gasteiger partial charge in [0.15, 0.2) is 22.4 Å². The number of hydrogen-bond donors (Lipinski definition) is 2. The van der Waals surface area contributed by atoms with Crippen molar-refractivity contribution >= 4 is 46.6 Å². The minimum atomic E-state index is -1.41. The monoisotopic (exact) mass is 441 g/mol. The van der Waals surface area contributed by atoms with Crippen LogP contribution in [0, 0.1) is 5.82 Å². The third-order valence-electron chi connectivity index (χ3n) is 4.68. The number of methoxy groups -OCH3 is 1. The van der Waals surface area contributed by atoms with E-state index in [-0.39, 0.29) is 41.4 Å². The molecule has 4 heterocycles. The molecule has 29 heavy (non-hydrogen) atoms. The molecule has 12 heteroatoms. The molecule has 1 saturated heterocycles. The number of aromatic carboxylic acids is 1. The number of halogens is 2. The van der Waals surface area contributed by atoms with E-state index in [4.69, 9.17) is 10.5 Å². The Morgan fingerprint density at radius 1 is 1.45 bits per heavy atom. The summed E-state index contributed by atoms with van der Waals surface area (Å²) in [5.41, 5.74) is 4.85. The molecule has 3 aromatic heterocycles. The van der Waals surface area contributed by atoms with Crippen LogP contribution >= 0.6 is 23.7 Å². The Kier molecular flexibility index (Phi) is 5.85. The van der Waals surface area contributed by atoms with Crippen molar-refractivity contribution in [3.05, 3.63) is 45.4 Å². The summed E-state index contributed by atoms with van der Waals surface area (Å²) in [5.74, 6) is -2.12. The van der Waals surface area contributed by atoms with Crippen molar-refractivity contribution in [3.63, 3.8) is 0 Å². The molecule has 1 aliphatic heterocycles. The van der Waals surface area contributed by atoms with Gasteiger partial charge >= 0.3 is 5.97 Å². The van der Waals surface area contributed by atoms with Crippen LogP contribution in [0.15, 0.2) is 28.6 Å². The Hall–Kier alpha value is -2.60. The fourth-order valence-corrected chi connectivity index (χ4v) is 3.91. The summed E-state index contributed by atoms with van der Waals surface area (Å²) in [5, 5.41) is 11.3. The first-order chi connectivity index (χ1) is 13.4. The van der Waals surface area contributed by atoms with Crippen LogP contribution in [0.1, 0.15) is 10.4 Å². The lowest BCUT2D eigenvalue weighted by molar-refractivity contribution is 0.0695. The molecular weight excluding hydrogens is 425 g/mol. The summed E-state index contributed by atoms with van der Waals surface area (Å²) in [6.07, 6.45) is 2.43. The van der Waals surface area contributed by atoms with Crippen LogP contribution in [0.3, 0.4) is 0 Å². The van der Waals surface area contributed by atoms with Crippen molar-refractivity contribution in [1.82, 2.24) is 14.5 Å². The smallest absolute Gasteiger partial charge is 0.341 e. The standard InChI is InChI=1S/C17H16FN5O4S.ClH/c1-27-12-7-22(6-11(12)19)15-10(18)4-8-13(24)9(16(25)26)5-23(14(8)21-15)17-20-2-3-28-17;/h2-5,11-12H,6-7,19H2,1H3,(H,25,26);1H/t11-,12+;/m0./s1. The molecule has 9 nitrogen and oxygen atoms in total. The lowest BCUT2D eigenvalue weighted by atomic mass is 10.2. The molecule has 0 aliphatic carbocycles. The molecule has 1 aliphatic rings. The van der Waals surface area contributed by atoms with E-state index in [2.05, 4.69) is 9.97 Å². The Bertz CT molecular complexity index is 1120. The maximum Gasteiger partial charge on any atom is 0.341 e. The number of thiazole rings is 1. The Morgan fingerprint density at radius 3 is 2.79 bits per heavy atom. The fraction of sp³-hybridized carbons (Fsp3) is 0.294. The van der Waals surface area contributed by atoms with Gasteiger partial charge in [-0.15, -0.1) is 23.7 Å². The highest BCUT2D eigenvalue weighted by Crippen LogP contribution is 2.27. The first-order valence-electron chi connectivity index (χ1n) is 8.33. The molecule has 1 fully saturated rings. The van der Waals surface area contributed by atoms with E-state index in [1.165, 1.54) is 29.2 Å². The summed E-state index contributed by atoms with van der Waals surface area (Å²) in [7, 11) is 1.53. The van der Waals surface area contributed by atoms with Gasteiger partial charge in [-0.3, -0.25) is 9.36 Å². The van der Waals surface area contributed by atoms with Crippen LogP contribution in [0.25, 0.3) is 16.2 Å². The van der Waals surface area contributed by atoms with Gasteiger partial charge in [0.1, 0.15) is 5.56 Å². The highest BCUT2D eigenvalue weighted by molar-refractivity contribution is 7.12. The molecule has 4 rings (SSSR count). The summed E-state index contributed by atoms with van der Waals surface area (Å²) in [4.78, 5) is 34.2. The molecule has 0 saturated carbocycles. The van der Waals surface area contributed by atoms with Gasteiger partial charge in [0.25, 0.3) is 0 Å². The number of nitrogens with two attached hydrogens (primary N) is 1. The quantitative estimate of drug-likeness (QED) is 0.620. The lowest BCUT2D eigenvalue weighted by Crippen LogP contribution is -2.34. The molecule has 3 aromatic rings. The number of ether oxygens (including phenoxy) is 1. The van der Waals surface area contributed by atoms with Crippen molar-refractivity contribution < 1.29 is 19.0 Å². The van der Waals surface area contributed by atoms with E-state index in [0.717, 1.165) is 12.3 Å². The number of carboxylic acid groups (broad SMARTS) is 1. The second-order valence-corrected chi connectivity index (χ2v) is 7.24. The average Bonchev–Trinajstić information content (AvgIpc) is 3.31. The summed E-state index contributed by atoms with van der Waals surface area (Å²) in [6, 6.07) is 0.708. The second kappa shape index (κ2) is 8.03. The van der Waals surface area contributed by atoms with E-state index in [1.807, 2.05) is 0 Å². The largest absolute Gasteiger partial charge is 0.477 e. The molecule has 0 amide bonds. The molecule has 2 atom stereocenters. The van der Waals surface area contributed by atoms with Gasteiger partial charge in [-0.25, -0.2) is 19.2 Å². The summed E-state index contributed by atoms with van der Waals surface area (Å²) >= 11 is 1.23. The maximum absolute atomic E-state index is 14.8. The molecule has 0 spiro atoms. The molecule has 154 valence electrons. The van der Waals surface area contributed by atoms with Crippen LogP contribution in [-0.2, 0) is 4.74 Å². The van der Waals surface area contributed by atoms with Crippen LogP contribution in [0.4, 0.5) is 10.2 Å². The van der Waals surface area contributed by atoms with Gasteiger partial charge < -0.3 is 20.5 Å². The van der Waals surface area contributed by atoms with Gasteiger partial charge in [0.05, 0.1) is 17.5 Å². The summed E-state index contributed by atoms with van der Waals surface area (Å²) < 4.78 is 21.5. The first-order valence-corrected chi connectivity index (χ1v) is 9.21. The lowest BCUT2D eigenvalue weighted by Gasteiger charge is -2.19. The highest BCUT2D eigenvalue weighted by atomic mass is 35.5. The van der Waals surface area contributed by atoms with Gasteiger partial charge in [0, 0.05) is 38.0 Å². The normalized spacial score (nSPS) is 18.8. The number of rotatable bonds is 4. The molecule has 0 radical (unpaired) electrons. The van der Waals surface area contributed by atoms with Crippen molar-refractivity contribution in [2.24, 2.45) is 5.73 Å². The van der Waals surface area contributed by atoms with Gasteiger partial charge in [0.2, 0.25) is 5.43 Å². The Morgan fingerprint density at radius 2 is 2.21 bits per heavy atom. The molecule has 0 bridgehead atoms. The fourth-order valence-electron chi connectivity index (χ4n) is 3.29. The number of nitrogens with zero attached hydrogens (tertiary/aromatic N) is 4. The van der Waals surface area contributed by atoms with E-state index >= 15 is 0 Å². The third kappa shape index (κ3) is 3.57. The van der Waals surface area contributed by atoms with Gasteiger partial charge in [-0.2, -0.15) is 0 Å². The number of carboxylic acids is 1. The molecule has 0 unspecified atom stereocenters. The number of fused-ring (bicyclic) bond motifs is 1. The zero-order valence-electron chi connectivity index (χ0n) is 15.1. The zero-order chi connectivity index (χ0) is 20.0. The highest BCUT2D eigenvalue weighted by Gasteiger charge is 2.33. The number of hydrogen-bond acceptors (Lipinski definition) is 8. The minimum absolute atomic E-state index is 0. The van der Waals surface area contributed by atoms with E-state index < -0.39 is 22.8 Å². The summed E-state index contributed by atoms with van der Waals surface area (Å²) in [6.45, 7) is 0.685. The molecule has 0 aromatic carbocycles. The van der Waals surface area contributed by atoms with Crippen molar-refractivity contribution in [1.29, 1.82) is 0 Å². The zero-order valence-corrected chi connectivity index (χ0v) is 16.7. The van der Waals surface area contributed by atoms with Gasteiger partial charge in [-0.05, 0) is 6.07 Å². The van der Waals surface area contributed by atoms with E-state index in [0.29, 0.717) is 18.2 Å². The minimum Gasteiger partial charge on any atom is -0.477 e. The van der Waals surface area contributed by atoms with Crippen LogP contribution in [0.2, 0.25) is 0 Å². The maximum atomic E-state index is 14.8. The Balaban J connectivity index is 0.00000240. The topological polar surface area (TPSA) is 124 Å². The second-order valence-electron chi connectivity index (χ2n) is 6.37. The van der Waals surface area contributed by atoms with E-state index in [9.17, 15) is 19.1 Å². The number of anilines is 1. The predicted octanol–water partition coefficient (Wildman–Crippen LogP) is 1.26. The van der Waals surface area contributed by atoms with Crippen molar-refractivity contribution in [3.8, 4) is 5.13 Å². The van der Waals surface area contributed by atoms with Crippen LogP contribution in [0.5, 0.6) is 0 Å². The van der Waals surface area contributed by atoms with Crippen LogP contribution in [-0.4, -0.2) is 58.0 Å². The molecular formula is C17H17ClFN5O4S. The molecule has 3 N–H and O–H groups in total. The van der Waals surface area contributed by atoms with Crippen molar-refractivity contribution in [2.75, 3.05) is 25.1 Å². The number of pyridine rings is 2. The number of aromatic nitrogens is 3. The van der Waals surface area contributed by atoms with E-state index in [1.54, 1.807) is 10.3 Å². The Labute approximate surface area is 174 Å². The van der Waals surface area contributed by atoms with Crippen LogP contribution < -0.4 is 16.1 Å². The first kappa shape index (κ1) is 21.1. The SMILES string of the molecule is CO[C@@H]1CN(c2nc3c(cc2F)c(=O)c(C(=O)O)cn3-c2nccs2)C[C@@H]1N.Cl. The van der Waals surface area contributed by atoms with Gasteiger partial charge in [-0.1, -0.05) is 0 Å². The number of carbonyl (C=O) groups is 1. The average molecular weight is 442 g/mol.